The second kappa shape index (κ2) is 6.16. The predicted octanol–water partition coefficient (Wildman–Crippen LogP) is 4.62. The molecule has 3 heteroatoms. The topological polar surface area (TPSA) is 31.2 Å². The lowest BCUT2D eigenvalue weighted by atomic mass is 10.1. The van der Waals surface area contributed by atoms with Crippen LogP contribution in [0.1, 0.15) is 28.8 Å². The number of hydrogen-bond acceptors (Lipinski definition) is 2. The van der Waals surface area contributed by atoms with E-state index in [1.165, 1.54) is 0 Å². The van der Waals surface area contributed by atoms with E-state index in [2.05, 4.69) is 10.6 Å². The minimum absolute atomic E-state index is 0.243. The number of rotatable bonds is 6. The molecule has 1 aromatic heterocycles. The van der Waals surface area contributed by atoms with Crippen molar-refractivity contribution in [2.75, 3.05) is 6.61 Å². The molecule has 3 aromatic rings. The van der Waals surface area contributed by atoms with Gasteiger partial charge in [-0.25, -0.2) is 0 Å². The van der Waals surface area contributed by atoms with Crippen molar-refractivity contribution in [3.05, 3.63) is 65.9 Å². The number of ketones is 1. The zero-order valence-corrected chi connectivity index (χ0v) is 13.9. The highest BCUT2D eigenvalue weighted by Gasteiger charge is 2.32. The highest BCUT2D eigenvalue weighted by molar-refractivity contribution is 6.09. The van der Waals surface area contributed by atoms with Crippen molar-refractivity contribution in [3.8, 4) is 5.75 Å². The van der Waals surface area contributed by atoms with Crippen LogP contribution in [0.5, 0.6) is 5.75 Å². The summed E-state index contributed by atoms with van der Waals surface area (Å²) in [5, 5.41) is 1.06. The molecule has 0 N–H and O–H groups in total. The normalized spacial score (nSPS) is 14.0. The summed E-state index contributed by atoms with van der Waals surface area (Å²) >= 11 is 0. The van der Waals surface area contributed by atoms with Crippen LogP contribution in [-0.4, -0.2) is 17.0 Å². The Hall–Kier alpha value is -2.55. The Morgan fingerprint density at radius 3 is 2.67 bits per heavy atom. The van der Waals surface area contributed by atoms with Crippen molar-refractivity contribution >= 4 is 16.7 Å². The van der Waals surface area contributed by atoms with E-state index in [0.717, 1.165) is 47.2 Å². The van der Waals surface area contributed by atoms with Crippen molar-refractivity contribution in [1.82, 2.24) is 4.57 Å². The molecule has 0 saturated heterocycles. The molecule has 0 amide bonds. The molecule has 2 aromatic carbocycles. The summed E-state index contributed by atoms with van der Waals surface area (Å²) in [5.41, 5.74) is 3.11. The highest BCUT2D eigenvalue weighted by Crippen LogP contribution is 2.35. The van der Waals surface area contributed by atoms with Crippen LogP contribution in [0.2, 0.25) is 0 Å². The number of benzene rings is 2. The minimum Gasteiger partial charge on any atom is -0.491 e. The van der Waals surface area contributed by atoms with Crippen LogP contribution in [0.25, 0.3) is 10.9 Å². The third-order valence-electron chi connectivity index (χ3n) is 4.69. The summed E-state index contributed by atoms with van der Waals surface area (Å²) in [6, 6.07) is 16.2. The van der Waals surface area contributed by atoms with Crippen LogP contribution in [0.15, 0.2) is 54.7 Å². The first-order valence-corrected chi connectivity index (χ1v) is 8.54. The Bertz CT molecular complexity index is 890. The quantitative estimate of drug-likeness (QED) is 0.621. The Morgan fingerprint density at radius 1 is 1.12 bits per heavy atom. The second-order valence-electron chi connectivity index (χ2n) is 6.51. The van der Waals surface area contributed by atoms with E-state index in [-0.39, 0.29) is 5.92 Å². The maximum absolute atomic E-state index is 12.5. The van der Waals surface area contributed by atoms with E-state index in [1.807, 2.05) is 55.6 Å². The van der Waals surface area contributed by atoms with Gasteiger partial charge in [-0.3, -0.25) is 4.79 Å². The molecule has 3 nitrogen and oxygen atoms in total. The van der Waals surface area contributed by atoms with Crippen molar-refractivity contribution in [2.24, 2.45) is 5.92 Å². The monoisotopic (exact) mass is 319 g/mol. The molecule has 1 aliphatic carbocycles. The first-order valence-electron chi connectivity index (χ1n) is 8.54. The first-order chi connectivity index (χ1) is 11.7. The number of hydrogen-bond donors (Lipinski definition) is 0. The molecule has 1 aliphatic rings. The predicted molar refractivity (Wildman–Crippen MR) is 95.7 cm³/mol. The fourth-order valence-corrected chi connectivity index (χ4v) is 3.17. The van der Waals surface area contributed by atoms with Gasteiger partial charge < -0.3 is 9.30 Å². The van der Waals surface area contributed by atoms with E-state index < -0.39 is 0 Å². The van der Waals surface area contributed by atoms with E-state index >= 15 is 0 Å². The van der Waals surface area contributed by atoms with Gasteiger partial charge in [-0.1, -0.05) is 36.4 Å². The molecule has 122 valence electrons. The van der Waals surface area contributed by atoms with Gasteiger partial charge in [0.2, 0.25) is 0 Å². The summed E-state index contributed by atoms with van der Waals surface area (Å²) in [6.07, 6.45) is 4.08. The molecule has 1 saturated carbocycles. The maximum atomic E-state index is 12.5. The standard InChI is InChI=1S/C21H21NO2/c1-15-6-2-5-9-20(15)24-13-12-22-14-18(21(23)16-10-11-16)17-7-3-4-8-19(17)22/h2-9,14,16H,10-13H2,1H3. The Balaban J connectivity index is 1.55. The Labute approximate surface area is 141 Å². The molecule has 0 atom stereocenters. The lowest BCUT2D eigenvalue weighted by Gasteiger charge is -2.10. The average molecular weight is 319 g/mol. The number of para-hydroxylation sites is 2. The number of carbonyl (C=O) groups is 1. The van der Waals surface area contributed by atoms with Crippen LogP contribution in [0.3, 0.4) is 0 Å². The largest absolute Gasteiger partial charge is 0.491 e. The van der Waals surface area contributed by atoms with Crippen LogP contribution in [0, 0.1) is 12.8 Å². The van der Waals surface area contributed by atoms with Gasteiger partial charge in [0.25, 0.3) is 0 Å². The molecular formula is C21H21NO2. The van der Waals surface area contributed by atoms with Gasteiger partial charge in [0.1, 0.15) is 12.4 Å². The average Bonchev–Trinajstić information content (AvgIpc) is 3.39. The molecular weight excluding hydrogens is 298 g/mol. The van der Waals surface area contributed by atoms with Crippen molar-refractivity contribution in [1.29, 1.82) is 0 Å². The number of Topliss-reactive ketones (excluding diaryl/α,β-unsaturated/α-hetero) is 1. The molecule has 1 heterocycles. The molecule has 0 unspecified atom stereocenters. The van der Waals surface area contributed by atoms with Crippen LogP contribution in [0.4, 0.5) is 0 Å². The van der Waals surface area contributed by atoms with Gasteiger partial charge in [0.15, 0.2) is 5.78 Å². The van der Waals surface area contributed by atoms with Crippen LogP contribution in [-0.2, 0) is 6.54 Å². The molecule has 4 rings (SSSR count). The number of ether oxygens (including phenoxy) is 1. The lowest BCUT2D eigenvalue weighted by molar-refractivity contribution is 0.0969. The van der Waals surface area contributed by atoms with Gasteiger partial charge in [-0.15, -0.1) is 0 Å². The molecule has 24 heavy (non-hydrogen) atoms. The van der Waals surface area contributed by atoms with Gasteiger partial charge >= 0.3 is 0 Å². The SMILES string of the molecule is Cc1ccccc1OCCn1cc(C(=O)C2CC2)c2ccccc21. The van der Waals surface area contributed by atoms with Gasteiger partial charge in [-0.2, -0.15) is 0 Å². The van der Waals surface area contributed by atoms with Gasteiger partial charge in [0.05, 0.1) is 6.54 Å². The molecule has 0 aliphatic heterocycles. The number of aromatic nitrogens is 1. The van der Waals surface area contributed by atoms with E-state index in [4.69, 9.17) is 4.74 Å². The van der Waals surface area contributed by atoms with E-state index in [1.54, 1.807) is 0 Å². The number of aryl methyl sites for hydroxylation is 1. The van der Waals surface area contributed by atoms with Gasteiger partial charge in [-0.05, 0) is 37.5 Å². The van der Waals surface area contributed by atoms with Crippen LogP contribution >= 0.6 is 0 Å². The Morgan fingerprint density at radius 2 is 1.88 bits per heavy atom. The fraction of sp³-hybridized carbons (Fsp3) is 0.286. The highest BCUT2D eigenvalue weighted by atomic mass is 16.5. The van der Waals surface area contributed by atoms with Crippen molar-refractivity contribution in [2.45, 2.75) is 26.3 Å². The summed E-state index contributed by atoms with van der Waals surface area (Å²) in [7, 11) is 0. The smallest absolute Gasteiger partial charge is 0.168 e. The summed E-state index contributed by atoms with van der Waals surface area (Å²) in [4.78, 5) is 12.5. The molecule has 0 radical (unpaired) electrons. The number of fused-ring (bicyclic) bond motifs is 1. The second-order valence-corrected chi connectivity index (χ2v) is 6.51. The first kappa shape index (κ1) is 15.0. The Kier molecular flexibility index (Phi) is 3.85. The number of nitrogens with zero attached hydrogens (tertiary/aromatic N) is 1. The van der Waals surface area contributed by atoms with Crippen LogP contribution < -0.4 is 4.74 Å². The molecule has 1 fully saturated rings. The zero-order valence-electron chi connectivity index (χ0n) is 13.9. The fourth-order valence-electron chi connectivity index (χ4n) is 3.17. The van der Waals surface area contributed by atoms with E-state index in [0.29, 0.717) is 12.4 Å². The maximum Gasteiger partial charge on any atom is 0.168 e. The van der Waals surface area contributed by atoms with Crippen molar-refractivity contribution < 1.29 is 9.53 Å². The zero-order chi connectivity index (χ0) is 16.5. The summed E-state index contributed by atoms with van der Waals surface area (Å²) in [5.74, 6) is 1.46. The molecule has 0 spiro atoms. The summed E-state index contributed by atoms with van der Waals surface area (Å²) in [6.45, 7) is 3.36. The number of carbonyl (C=O) groups excluding carboxylic acids is 1. The van der Waals surface area contributed by atoms with E-state index in [9.17, 15) is 4.79 Å². The lowest BCUT2D eigenvalue weighted by Crippen LogP contribution is -2.08. The third kappa shape index (κ3) is 2.82. The minimum atomic E-state index is 0.243. The van der Waals surface area contributed by atoms with Crippen molar-refractivity contribution in [3.63, 3.8) is 0 Å². The molecule has 0 bridgehead atoms. The van der Waals surface area contributed by atoms with Gasteiger partial charge in [0, 0.05) is 28.6 Å². The third-order valence-corrected chi connectivity index (χ3v) is 4.69. The summed E-state index contributed by atoms with van der Waals surface area (Å²) < 4.78 is 8.06.